The van der Waals surface area contributed by atoms with Crippen molar-refractivity contribution in [1.82, 2.24) is 0 Å². The zero-order valence-electron chi connectivity index (χ0n) is 19.5. The topological polar surface area (TPSA) is 94.6 Å². The third-order valence-corrected chi connectivity index (χ3v) is 6.46. The summed E-state index contributed by atoms with van der Waals surface area (Å²) in [6.07, 6.45) is 0.340. The average Bonchev–Trinajstić information content (AvgIpc) is 3.54. The second-order valence-corrected chi connectivity index (χ2v) is 9.30. The van der Waals surface area contributed by atoms with Crippen molar-refractivity contribution in [3.05, 3.63) is 41.5 Å². The summed E-state index contributed by atoms with van der Waals surface area (Å²) in [4.78, 5) is 25.4. The van der Waals surface area contributed by atoms with Crippen LogP contribution in [0.25, 0.3) is 0 Å². The first-order valence-electron chi connectivity index (χ1n) is 11.1. The molecule has 32 heavy (non-hydrogen) atoms. The first kappa shape index (κ1) is 24.4. The summed E-state index contributed by atoms with van der Waals surface area (Å²) < 4.78 is 22.4. The number of carbonyl (C=O) groups is 2. The van der Waals surface area contributed by atoms with Crippen molar-refractivity contribution in [2.75, 3.05) is 13.7 Å². The maximum atomic E-state index is 13.2. The highest BCUT2D eigenvalue weighted by Crippen LogP contribution is 2.39. The molecule has 0 bridgehead atoms. The van der Waals surface area contributed by atoms with Gasteiger partial charge >= 0.3 is 5.97 Å². The van der Waals surface area contributed by atoms with Crippen LogP contribution in [-0.4, -0.2) is 55.0 Å². The third kappa shape index (κ3) is 5.77. The Kier molecular flexibility index (Phi) is 7.75. The predicted molar refractivity (Wildman–Crippen MR) is 118 cm³/mol. The lowest BCUT2D eigenvalue weighted by Crippen LogP contribution is -2.40. The van der Waals surface area contributed by atoms with Crippen molar-refractivity contribution in [2.24, 2.45) is 11.3 Å². The molecule has 1 N–H and O–H groups in total. The molecule has 2 aliphatic heterocycles. The van der Waals surface area contributed by atoms with Gasteiger partial charge in [0.15, 0.2) is 5.78 Å². The second-order valence-electron chi connectivity index (χ2n) is 9.30. The summed E-state index contributed by atoms with van der Waals surface area (Å²) in [7, 11) is 1.62. The summed E-state index contributed by atoms with van der Waals surface area (Å²) >= 11 is 0. The van der Waals surface area contributed by atoms with E-state index in [2.05, 4.69) is 0 Å². The van der Waals surface area contributed by atoms with Gasteiger partial charge in [-0.15, -0.1) is 0 Å². The van der Waals surface area contributed by atoms with Crippen LogP contribution < -0.4 is 4.74 Å². The number of esters is 1. The van der Waals surface area contributed by atoms with E-state index in [0.29, 0.717) is 19.4 Å². The zero-order chi connectivity index (χ0) is 23.5. The zero-order valence-corrected chi connectivity index (χ0v) is 19.5. The van der Waals surface area contributed by atoms with E-state index in [1.807, 2.05) is 45.0 Å². The number of ether oxygens (including phenoxy) is 4. The summed E-state index contributed by atoms with van der Waals surface area (Å²) in [6.45, 7) is 7.74. The Bertz CT molecular complexity index is 842. The minimum Gasteiger partial charge on any atom is -0.497 e. The van der Waals surface area contributed by atoms with Crippen LogP contribution in [0.5, 0.6) is 5.75 Å². The normalized spacial score (nSPS) is 32.7. The van der Waals surface area contributed by atoms with Gasteiger partial charge in [0.05, 0.1) is 50.0 Å². The Hall–Kier alpha value is -2.22. The summed E-state index contributed by atoms with van der Waals surface area (Å²) in [5.74, 6) is -0.441. The lowest BCUT2D eigenvalue weighted by Gasteiger charge is -2.32. The molecule has 1 fully saturated rings. The fourth-order valence-corrected chi connectivity index (χ4v) is 3.86. The number of epoxide rings is 1. The molecule has 5 atom stereocenters. The Labute approximate surface area is 189 Å². The van der Waals surface area contributed by atoms with Crippen molar-refractivity contribution >= 4 is 11.8 Å². The minimum atomic E-state index is -0.965. The first-order valence-corrected chi connectivity index (χ1v) is 11.1. The van der Waals surface area contributed by atoms with Crippen LogP contribution in [0.15, 0.2) is 35.9 Å². The number of methoxy groups -OCH3 is 1. The van der Waals surface area contributed by atoms with Gasteiger partial charge in [-0.1, -0.05) is 31.6 Å². The van der Waals surface area contributed by atoms with Gasteiger partial charge in [-0.2, -0.15) is 0 Å². The molecule has 0 saturated carbocycles. The van der Waals surface area contributed by atoms with E-state index in [9.17, 15) is 14.7 Å². The number of ketones is 1. The summed E-state index contributed by atoms with van der Waals surface area (Å²) in [5.41, 5.74) is 0.988. The van der Waals surface area contributed by atoms with Crippen LogP contribution in [0.1, 0.15) is 46.1 Å². The molecular weight excluding hydrogens is 412 g/mol. The van der Waals surface area contributed by atoms with Crippen molar-refractivity contribution in [3.8, 4) is 5.75 Å². The Morgan fingerprint density at radius 3 is 2.53 bits per heavy atom. The van der Waals surface area contributed by atoms with Crippen LogP contribution in [0.3, 0.4) is 0 Å². The van der Waals surface area contributed by atoms with Crippen molar-refractivity contribution in [1.29, 1.82) is 0 Å². The van der Waals surface area contributed by atoms with E-state index in [1.54, 1.807) is 20.1 Å². The molecule has 2 aliphatic rings. The number of allylic oxidation sites excluding steroid dienone is 1. The lowest BCUT2D eigenvalue weighted by molar-refractivity contribution is -0.152. The van der Waals surface area contributed by atoms with Crippen molar-refractivity contribution in [2.45, 2.75) is 71.6 Å². The maximum absolute atomic E-state index is 13.2. The van der Waals surface area contributed by atoms with E-state index < -0.39 is 35.6 Å². The molecule has 0 aromatic heterocycles. The predicted octanol–water partition coefficient (Wildman–Crippen LogP) is 3.22. The SMILES string of the molecule is COc1ccc(CO[C@@H]2C[C@@H]3O[C@H]3[C@@H](O)C(C)C(=O)OCC/C(C)=C/C(=O)C2(C)C)cc1. The van der Waals surface area contributed by atoms with Gasteiger partial charge in [-0.05, 0) is 37.6 Å². The Balaban J connectivity index is 1.81. The summed E-state index contributed by atoms with van der Waals surface area (Å²) in [6, 6.07) is 7.58. The number of hydrogen-bond donors (Lipinski definition) is 1. The molecule has 0 aliphatic carbocycles. The molecule has 0 amide bonds. The largest absolute Gasteiger partial charge is 0.497 e. The quantitative estimate of drug-likeness (QED) is 0.560. The molecule has 2 heterocycles. The molecule has 1 aromatic rings. The second kappa shape index (κ2) is 10.1. The molecule has 1 saturated heterocycles. The van der Waals surface area contributed by atoms with E-state index in [-0.39, 0.29) is 18.5 Å². The monoisotopic (exact) mass is 446 g/mol. The van der Waals surface area contributed by atoms with Crippen molar-refractivity contribution in [3.63, 3.8) is 0 Å². The van der Waals surface area contributed by atoms with Gasteiger partial charge in [0.25, 0.3) is 0 Å². The number of aliphatic hydroxyl groups excluding tert-OH is 1. The highest BCUT2D eigenvalue weighted by molar-refractivity contribution is 5.95. The van der Waals surface area contributed by atoms with E-state index in [1.165, 1.54) is 0 Å². The minimum absolute atomic E-state index is 0.0516. The molecule has 7 heteroatoms. The fourth-order valence-electron chi connectivity index (χ4n) is 3.86. The average molecular weight is 447 g/mol. The third-order valence-electron chi connectivity index (χ3n) is 6.46. The number of benzene rings is 1. The molecule has 1 unspecified atom stereocenters. The van der Waals surface area contributed by atoms with Gasteiger partial charge in [-0.25, -0.2) is 0 Å². The van der Waals surface area contributed by atoms with E-state index in [0.717, 1.165) is 16.9 Å². The van der Waals surface area contributed by atoms with Gasteiger partial charge in [0.2, 0.25) is 0 Å². The number of aliphatic hydroxyl groups is 1. The fraction of sp³-hybridized carbons (Fsp3) is 0.600. The highest BCUT2D eigenvalue weighted by Gasteiger charge is 2.51. The van der Waals surface area contributed by atoms with Crippen LogP contribution in [-0.2, 0) is 30.4 Å². The highest BCUT2D eigenvalue weighted by atomic mass is 16.6. The van der Waals surface area contributed by atoms with Gasteiger partial charge in [0, 0.05) is 12.8 Å². The molecule has 0 spiro atoms. The Morgan fingerprint density at radius 2 is 1.88 bits per heavy atom. The molecule has 0 radical (unpaired) electrons. The maximum Gasteiger partial charge on any atom is 0.311 e. The van der Waals surface area contributed by atoms with Crippen LogP contribution in [0.2, 0.25) is 0 Å². The molecular formula is C25H34O7. The first-order chi connectivity index (χ1) is 15.1. The van der Waals surface area contributed by atoms with Gasteiger partial charge < -0.3 is 24.1 Å². The van der Waals surface area contributed by atoms with Gasteiger partial charge in [-0.3, -0.25) is 9.59 Å². The van der Waals surface area contributed by atoms with E-state index in [4.69, 9.17) is 18.9 Å². The van der Waals surface area contributed by atoms with E-state index >= 15 is 0 Å². The Morgan fingerprint density at radius 1 is 1.19 bits per heavy atom. The number of cyclic esters (lactones) is 1. The van der Waals surface area contributed by atoms with Crippen LogP contribution >= 0.6 is 0 Å². The number of hydrogen-bond acceptors (Lipinski definition) is 7. The number of fused-ring (bicyclic) bond motifs is 1. The molecule has 3 rings (SSSR count). The van der Waals surface area contributed by atoms with Crippen molar-refractivity contribution < 1.29 is 33.6 Å². The van der Waals surface area contributed by atoms with Gasteiger partial charge in [0.1, 0.15) is 11.9 Å². The molecule has 176 valence electrons. The molecule has 1 aromatic carbocycles. The van der Waals surface area contributed by atoms with Crippen LogP contribution in [0, 0.1) is 11.3 Å². The van der Waals surface area contributed by atoms with Crippen LogP contribution in [0.4, 0.5) is 0 Å². The smallest absolute Gasteiger partial charge is 0.311 e. The number of carbonyl (C=O) groups excluding carboxylic acids is 2. The standard InChI is InChI=1S/C25H34O7/c1-15-10-11-30-24(28)16(2)22(27)23-19(32-23)13-21(25(3,4)20(26)12-15)31-14-17-6-8-18(29-5)9-7-17/h6-9,12,16,19,21-23,27H,10-11,13-14H2,1-5H3/b15-12+/t16?,19-,21+,22-,23+/m0/s1. The number of rotatable bonds is 4. The lowest BCUT2D eigenvalue weighted by atomic mass is 9.78. The summed E-state index contributed by atoms with van der Waals surface area (Å²) in [5, 5.41) is 10.6. The molecule has 7 nitrogen and oxygen atoms in total.